The van der Waals surface area contributed by atoms with Gasteiger partial charge in [0.1, 0.15) is 0 Å². The lowest BCUT2D eigenvalue weighted by Crippen LogP contribution is -1.99. The maximum atomic E-state index is 2.32. The molecule has 0 aliphatic rings. The summed E-state index contributed by atoms with van der Waals surface area (Å²) in [5.41, 5.74) is 5.36. The predicted molar refractivity (Wildman–Crippen MR) is 77.0 cm³/mol. The van der Waals surface area contributed by atoms with Gasteiger partial charge in [0.05, 0.1) is 0 Å². The highest BCUT2D eigenvalue weighted by atomic mass is 14.9. The van der Waals surface area contributed by atoms with E-state index < -0.39 is 0 Å². The summed E-state index contributed by atoms with van der Waals surface area (Å²) in [6.45, 7) is 5.25. The van der Waals surface area contributed by atoms with Crippen molar-refractivity contribution in [3.05, 3.63) is 71.4 Å². The minimum Gasteiger partial charge on any atom is -0.343 e. The van der Waals surface area contributed by atoms with E-state index >= 15 is 0 Å². The van der Waals surface area contributed by atoms with Gasteiger partial charge in [0.2, 0.25) is 0 Å². The first-order chi connectivity index (χ1) is 8.74. The molecule has 0 atom stereocenters. The largest absolute Gasteiger partial charge is 0.343 e. The van der Waals surface area contributed by atoms with E-state index in [0.717, 1.165) is 6.54 Å². The quantitative estimate of drug-likeness (QED) is 0.624. The second-order valence-corrected chi connectivity index (χ2v) is 4.93. The molecule has 18 heavy (non-hydrogen) atoms. The molecule has 0 N–H and O–H groups in total. The Labute approximate surface area is 108 Å². The summed E-state index contributed by atoms with van der Waals surface area (Å²) < 4.78 is 2.32. The molecule has 3 rings (SSSR count). The third-order valence-corrected chi connectivity index (χ3v) is 3.53. The molecule has 0 aliphatic heterocycles. The molecule has 2 aromatic carbocycles. The summed E-state index contributed by atoms with van der Waals surface area (Å²) in [6, 6.07) is 17.4. The van der Waals surface area contributed by atoms with E-state index in [4.69, 9.17) is 0 Å². The van der Waals surface area contributed by atoms with Gasteiger partial charge in [-0.1, -0.05) is 35.9 Å². The lowest BCUT2D eigenvalue weighted by atomic mass is 10.1. The Kier molecular flexibility index (Phi) is 2.67. The molecule has 0 spiro atoms. The van der Waals surface area contributed by atoms with Gasteiger partial charge in [0.15, 0.2) is 0 Å². The van der Waals surface area contributed by atoms with Crippen LogP contribution in [0.4, 0.5) is 0 Å². The lowest BCUT2D eigenvalue weighted by Gasteiger charge is -2.08. The number of hydrogen-bond acceptors (Lipinski definition) is 0. The minimum atomic E-state index is 0.944. The molecule has 0 unspecified atom stereocenters. The maximum Gasteiger partial charge on any atom is 0.0483 e. The summed E-state index contributed by atoms with van der Waals surface area (Å²) >= 11 is 0. The number of rotatable bonds is 2. The van der Waals surface area contributed by atoms with E-state index in [-0.39, 0.29) is 0 Å². The molecule has 1 heterocycles. The van der Waals surface area contributed by atoms with Gasteiger partial charge in [0, 0.05) is 18.3 Å². The monoisotopic (exact) mass is 235 g/mol. The second kappa shape index (κ2) is 4.34. The zero-order valence-corrected chi connectivity index (χ0v) is 10.9. The molecule has 1 aromatic heterocycles. The van der Waals surface area contributed by atoms with Gasteiger partial charge >= 0.3 is 0 Å². The fourth-order valence-electron chi connectivity index (χ4n) is 2.43. The molecule has 1 nitrogen and oxygen atoms in total. The molecule has 0 saturated heterocycles. The Balaban J connectivity index is 2.03. The fourth-order valence-corrected chi connectivity index (χ4v) is 2.43. The van der Waals surface area contributed by atoms with Crippen LogP contribution in [0.15, 0.2) is 54.7 Å². The molecule has 1 heteroatoms. The lowest BCUT2D eigenvalue weighted by molar-refractivity contribution is 0.830. The van der Waals surface area contributed by atoms with E-state index in [0.29, 0.717) is 0 Å². The van der Waals surface area contributed by atoms with Crippen LogP contribution in [0, 0.1) is 13.8 Å². The van der Waals surface area contributed by atoms with Crippen LogP contribution >= 0.6 is 0 Å². The molecule has 0 radical (unpaired) electrons. The van der Waals surface area contributed by atoms with Crippen molar-refractivity contribution in [1.29, 1.82) is 0 Å². The number of benzene rings is 2. The Morgan fingerprint density at radius 2 is 1.78 bits per heavy atom. The highest BCUT2D eigenvalue weighted by Gasteiger charge is 2.03. The van der Waals surface area contributed by atoms with Gasteiger partial charge in [-0.25, -0.2) is 0 Å². The molecule has 0 saturated carbocycles. The van der Waals surface area contributed by atoms with Crippen LogP contribution < -0.4 is 0 Å². The Morgan fingerprint density at radius 1 is 0.944 bits per heavy atom. The van der Waals surface area contributed by atoms with E-state index in [2.05, 4.69) is 73.1 Å². The van der Waals surface area contributed by atoms with E-state index in [1.54, 1.807) is 0 Å². The van der Waals surface area contributed by atoms with Crippen molar-refractivity contribution in [2.45, 2.75) is 20.4 Å². The van der Waals surface area contributed by atoms with Crippen LogP contribution in [0.2, 0.25) is 0 Å². The Morgan fingerprint density at radius 3 is 2.61 bits per heavy atom. The number of aryl methyl sites for hydroxylation is 2. The van der Waals surface area contributed by atoms with Crippen LogP contribution in [0.5, 0.6) is 0 Å². The summed E-state index contributed by atoms with van der Waals surface area (Å²) in [7, 11) is 0. The third kappa shape index (κ3) is 1.92. The fraction of sp³-hybridized carbons (Fsp3) is 0.176. The van der Waals surface area contributed by atoms with Crippen molar-refractivity contribution >= 4 is 10.9 Å². The van der Waals surface area contributed by atoms with Crippen molar-refractivity contribution in [3.63, 3.8) is 0 Å². The molecule has 0 aliphatic carbocycles. The molecule has 0 fully saturated rings. The molecular weight excluding hydrogens is 218 g/mol. The van der Waals surface area contributed by atoms with E-state index in [1.807, 2.05) is 0 Å². The first kappa shape index (κ1) is 11.1. The van der Waals surface area contributed by atoms with Crippen LogP contribution in [0.3, 0.4) is 0 Å². The predicted octanol–water partition coefficient (Wildman–Crippen LogP) is 4.31. The summed E-state index contributed by atoms with van der Waals surface area (Å²) in [5.74, 6) is 0. The smallest absolute Gasteiger partial charge is 0.0483 e. The maximum absolute atomic E-state index is 2.32. The van der Waals surface area contributed by atoms with Gasteiger partial charge in [0.25, 0.3) is 0 Å². The molecule has 3 aromatic rings. The van der Waals surface area contributed by atoms with Crippen molar-refractivity contribution in [2.24, 2.45) is 0 Å². The van der Waals surface area contributed by atoms with E-state index in [1.165, 1.54) is 27.6 Å². The zero-order chi connectivity index (χ0) is 12.5. The standard InChI is InChI=1S/C17H17N/c1-13-7-8-17-15(11-13)9-10-18(17)12-16-6-4-3-5-14(16)2/h3-11H,12H2,1-2H3. The first-order valence-electron chi connectivity index (χ1n) is 6.34. The van der Waals surface area contributed by atoms with Gasteiger partial charge in [-0.05, 0) is 48.6 Å². The molecule has 90 valence electrons. The van der Waals surface area contributed by atoms with Gasteiger partial charge in [-0.2, -0.15) is 0 Å². The van der Waals surface area contributed by atoms with Crippen molar-refractivity contribution in [1.82, 2.24) is 4.57 Å². The van der Waals surface area contributed by atoms with Crippen LogP contribution in [0.1, 0.15) is 16.7 Å². The molecule has 0 bridgehead atoms. The van der Waals surface area contributed by atoms with Gasteiger partial charge in [-0.3, -0.25) is 0 Å². The second-order valence-electron chi connectivity index (χ2n) is 4.93. The van der Waals surface area contributed by atoms with Crippen molar-refractivity contribution in [3.8, 4) is 0 Å². The van der Waals surface area contributed by atoms with Crippen LogP contribution in [0.25, 0.3) is 10.9 Å². The number of hydrogen-bond donors (Lipinski definition) is 0. The summed E-state index contributed by atoms with van der Waals surface area (Å²) in [6.07, 6.45) is 2.18. The summed E-state index contributed by atoms with van der Waals surface area (Å²) in [4.78, 5) is 0. The first-order valence-corrected chi connectivity index (χ1v) is 6.34. The average molecular weight is 235 g/mol. The zero-order valence-electron chi connectivity index (χ0n) is 10.9. The van der Waals surface area contributed by atoms with E-state index in [9.17, 15) is 0 Å². The molecule has 0 amide bonds. The third-order valence-electron chi connectivity index (χ3n) is 3.53. The number of nitrogens with zero attached hydrogens (tertiary/aromatic N) is 1. The Hall–Kier alpha value is -2.02. The van der Waals surface area contributed by atoms with Crippen molar-refractivity contribution in [2.75, 3.05) is 0 Å². The van der Waals surface area contributed by atoms with Gasteiger partial charge < -0.3 is 4.57 Å². The normalized spacial score (nSPS) is 11.0. The number of aromatic nitrogens is 1. The highest BCUT2D eigenvalue weighted by molar-refractivity contribution is 5.80. The SMILES string of the molecule is Cc1ccc2c(ccn2Cc2ccccc2C)c1. The summed E-state index contributed by atoms with van der Waals surface area (Å²) in [5, 5.41) is 1.32. The average Bonchev–Trinajstić information content (AvgIpc) is 2.74. The van der Waals surface area contributed by atoms with Crippen LogP contribution in [-0.4, -0.2) is 4.57 Å². The topological polar surface area (TPSA) is 4.93 Å². The van der Waals surface area contributed by atoms with Crippen LogP contribution in [-0.2, 0) is 6.54 Å². The minimum absolute atomic E-state index is 0.944. The van der Waals surface area contributed by atoms with Crippen molar-refractivity contribution < 1.29 is 0 Å². The Bertz CT molecular complexity index is 692. The highest BCUT2D eigenvalue weighted by Crippen LogP contribution is 2.19. The van der Waals surface area contributed by atoms with Gasteiger partial charge in [-0.15, -0.1) is 0 Å². The number of fused-ring (bicyclic) bond motifs is 1. The molecular formula is C17H17N.